The molecule has 3 rings (SSSR count). The Morgan fingerprint density at radius 2 is 1.96 bits per heavy atom. The Kier molecular flexibility index (Phi) is 5.50. The lowest BCUT2D eigenvalue weighted by Crippen LogP contribution is -2.52. The average molecular weight is 351 g/mol. The Bertz CT molecular complexity index is 602. The van der Waals surface area contributed by atoms with Crippen LogP contribution in [0.15, 0.2) is 10.5 Å². The maximum atomic E-state index is 12.6. The third-order valence-electron chi connectivity index (χ3n) is 4.61. The Morgan fingerprint density at radius 1 is 1.25 bits per heavy atom. The normalized spacial score (nSPS) is 21.8. The van der Waals surface area contributed by atoms with E-state index in [0.717, 1.165) is 23.8 Å². The van der Waals surface area contributed by atoms with E-state index in [1.807, 2.05) is 35.4 Å². The van der Waals surface area contributed by atoms with E-state index in [4.69, 9.17) is 4.42 Å². The summed E-state index contributed by atoms with van der Waals surface area (Å²) in [6.45, 7) is 7.03. The minimum atomic E-state index is 0.00166. The van der Waals surface area contributed by atoms with Gasteiger partial charge in [-0.2, -0.15) is 11.8 Å². The summed E-state index contributed by atoms with van der Waals surface area (Å²) in [6, 6.07) is 2.08. The molecule has 1 unspecified atom stereocenters. The van der Waals surface area contributed by atoms with E-state index in [1.54, 1.807) is 6.07 Å². The fraction of sp³-hybridized carbons (Fsp3) is 0.647. The van der Waals surface area contributed by atoms with E-state index in [2.05, 4.69) is 5.32 Å². The van der Waals surface area contributed by atoms with Gasteiger partial charge in [-0.1, -0.05) is 0 Å². The molecule has 0 radical (unpaired) electrons. The van der Waals surface area contributed by atoms with E-state index < -0.39 is 0 Å². The number of hydrogen-bond donors (Lipinski definition) is 1. The number of nitrogens with zero attached hydrogens (tertiary/aromatic N) is 2. The quantitative estimate of drug-likeness (QED) is 0.889. The highest BCUT2D eigenvalue weighted by Gasteiger charge is 2.28. The van der Waals surface area contributed by atoms with Gasteiger partial charge in [0.05, 0.1) is 5.56 Å². The topological polar surface area (TPSA) is 65.8 Å². The molecular weight excluding hydrogens is 326 g/mol. The summed E-state index contributed by atoms with van der Waals surface area (Å²) in [5.74, 6) is 3.74. The number of aryl methyl sites for hydroxylation is 2. The number of nitrogens with one attached hydrogen (secondary N) is 1. The van der Waals surface area contributed by atoms with Crippen LogP contribution in [0.5, 0.6) is 0 Å². The summed E-state index contributed by atoms with van der Waals surface area (Å²) in [7, 11) is 0. The standard InChI is InChI=1S/C17H25N3O3S/c1-12-9-15(13(2)23-12)17(22)20-6-4-19(5-7-20)16(21)10-14-11-24-8-3-18-14/h9,14,18H,3-8,10-11H2,1-2H3. The number of hydrogen-bond acceptors (Lipinski definition) is 5. The van der Waals surface area contributed by atoms with Crippen molar-refractivity contribution in [1.82, 2.24) is 15.1 Å². The van der Waals surface area contributed by atoms with Crippen molar-refractivity contribution >= 4 is 23.6 Å². The van der Waals surface area contributed by atoms with Crippen molar-refractivity contribution in [3.8, 4) is 0 Å². The fourth-order valence-electron chi connectivity index (χ4n) is 3.26. The second-order valence-electron chi connectivity index (χ2n) is 6.43. The molecule has 2 fully saturated rings. The van der Waals surface area contributed by atoms with Crippen LogP contribution in [-0.2, 0) is 4.79 Å². The Balaban J connectivity index is 1.50. The second-order valence-corrected chi connectivity index (χ2v) is 7.58. The van der Waals surface area contributed by atoms with Gasteiger partial charge < -0.3 is 19.5 Å². The molecule has 132 valence electrons. The predicted molar refractivity (Wildman–Crippen MR) is 94.4 cm³/mol. The number of amides is 2. The van der Waals surface area contributed by atoms with Crippen molar-refractivity contribution in [2.45, 2.75) is 26.3 Å². The Labute approximate surface area is 146 Å². The molecule has 0 aliphatic carbocycles. The van der Waals surface area contributed by atoms with Gasteiger partial charge in [-0.15, -0.1) is 0 Å². The van der Waals surface area contributed by atoms with Gasteiger partial charge in [-0.25, -0.2) is 0 Å². The molecule has 6 nitrogen and oxygen atoms in total. The summed E-state index contributed by atoms with van der Waals surface area (Å²) >= 11 is 1.90. The first-order chi connectivity index (χ1) is 11.5. The molecular formula is C17H25N3O3S. The van der Waals surface area contributed by atoms with E-state index >= 15 is 0 Å². The van der Waals surface area contributed by atoms with Crippen LogP contribution in [0.2, 0.25) is 0 Å². The molecule has 2 aliphatic rings. The second kappa shape index (κ2) is 7.61. The van der Waals surface area contributed by atoms with Crippen LogP contribution in [0.1, 0.15) is 28.3 Å². The summed E-state index contributed by atoms with van der Waals surface area (Å²) in [5.41, 5.74) is 0.635. The lowest BCUT2D eigenvalue weighted by atomic mass is 10.1. The lowest BCUT2D eigenvalue weighted by Gasteiger charge is -2.35. The zero-order chi connectivity index (χ0) is 17.1. The Hall–Kier alpha value is -1.47. The summed E-state index contributed by atoms with van der Waals surface area (Å²) < 4.78 is 5.45. The van der Waals surface area contributed by atoms with Gasteiger partial charge in [0, 0.05) is 56.7 Å². The van der Waals surface area contributed by atoms with E-state index in [1.165, 1.54) is 0 Å². The van der Waals surface area contributed by atoms with Crippen LogP contribution in [0.25, 0.3) is 0 Å². The summed E-state index contributed by atoms with van der Waals surface area (Å²) in [6.07, 6.45) is 0.557. The highest BCUT2D eigenvalue weighted by molar-refractivity contribution is 7.99. The van der Waals surface area contributed by atoms with Crippen LogP contribution >= 0.6 is 11.8 Å². The number of furan rings is 1. The van der Waals surface area contributed by atoms with Gasteiger partial charge in [0.15, 0.2) is 0 Å². The number of carbonyl (C=O) groups is 2. The third-order valence-corrected chi connectivity index (χ3v) is 5.74. The molecule has 0 aromatic carbocycles. The minimum Gasteiger partial charge on any atom is -0.466 e. The molecule has 7 heteroatoms. The van der Waals surface area contributed by atoms with Crippen LogP contribution in [-0.4, -0.2) is 71.9 Å². The molecule has 2 saturated heterocycles. The van der Waals surface area contributed by atoms with E-state index in [-0.39, 0.29) is 17.9 Å². The molecule has 0 bridgehead atoms. The van der Waals surface area contributed by atoms with Crippen molar-refractivity contribution in [3.63, 3.8) is 0 Å². The van der Waals surface area contributed by atoms with Gasteiger partial charge in [0.25, 0.3) is 5.91 Å². The van der Waals surface area contributed by atoms with Crippen LogP contribution in [0.3, 0.4) is 0 Å². The maximum absolute atomic E-state index is 12.6. The number of rotatable bonds is 3. The summed E-state index contributed by atoms with van der Waals surface area (Å²) in [5, 5.41) is 3.40. The molecule has 24 heavy (non-hydrogen) atoms. The number of piperazine rings is 1. The first-order valence-corrected chi connectivity index (χ1v) is 9.65. The van der Waals surface area contributed by atoms with Gasteiger partial charge in [-0.3, -0.25) is 9.59 Å². The third kappa shape index (κ3) is 3.95. The van der Waals surface area contributed by atoms with Crippen molar-refractivity contribution < 1.29 is 14.0 Å². The zero-order valence-electron chi connectivity index (χ0n) is 14.3. The highest BCUT2D eigenvalue weighted by atomic mass is 32.2. The van der Waals surface area contributed by atoms with Crippen molar-refractivity contribution in [2.24, 2.45) is 0 Å². The predicted octanol–water partition coefficient (Wildman–Crippen LogP) is 1.28. The lowest BCUT2D eigenvalue weighted by molar-refractivity contribution is -0.133. The number of carbonyl (C=O) groups excluding carboxylic acids is 2. The average Bonchev–Trinajstić information content (AvgIpc) is 2.93. The van der Waals surface area contributed by atoms with Crippen LogP contribution < -0.4 is 5.32 Å². The molecule has 1 aromatic rings. The monoisotopic (exact) mass is 351 g/mol. The van der Waals surface area contributed by atoms with Crippen molar-refractivity contribution in [2.75, 3.05) is 44.2 Å². The first-order valence-electron chi connectivity index (χ1n) is 8.50. The highest BCUT2D eigenvalue weighted by Crippen LogP contribution is 2.18. The molecule has 0 saturated carbocycles. The minimum absolute atomic E-state index is 0.00166. The van der Waals surface area contributed by atoms with E-state index in [0.29, 0.717) is 43.9 Å². The van der Waals surface area contributed by atoms with E-state index in [9.17, 15) is 9.59 Å². The summed E-state index contributed by atoms with van der Waals surface area (Å²) in [4.78, 5) is 28.7. The largest absolute Gasteiger partial charge is 0.466 e. The molecule has 1 aromatic heterocycles. The molecule has 0 spiro atoms. The SMILES string of the molecule is Cc1cc(C(=O)N2CCN(C(=O)CC3CSCCN3)CC2)c(C)o1. The molecule has 3 heterocycles. The van der Waals surface area contributed by atoms with Gasteiger partial charge in [0.2, 0.25) is 5.91 Å². The zero-order valence-corrected chi connectivity index (χ0v) is 15.2. The van der Waals surface area contributed by atoms with Crippen LogP contribution in [0, 0.1) is 13.8 Å². The molecule has 2 amide bonds. The van der Waals surface area contributed by atoms with Crippen molar-refractivity contribution in [3.05, 3.63) is 23.2 Å². The van der Waals surface area contributed by atoms with Gasteiger partial charge in [-0.05, 0) is 19.9 Å². The fourth-order valence-corrected chi connectivity index (χ4v) is 4.21. The molecule has 2 aliphatic heterocycles. The van der Waals surface area contributed by atoms with Gasteiger partial charge >= 0.3 is 0 Å². The smallest absolute Gasteiger partial charge is 0.257 e. The molecule has 1 N–H and O–H groups in total. The molecule has 1 atom stereocenters. The first kappa shape index (κ1) is 17.4. The van der Waals surface area contributed by atoms with Gasteiger partial charge in [0.1, 0.15) is 11.5 Å². The Morgan fingerprint density at radius 3 is 2.54 bits per heavy atom. The maximum Gasteiger partial charge on any atom is 0.257 e. The van der Waals surface area contributed by atoms with Crippen LogP contribution in [0.4, 0.5) is 0 Å². The van der Waals surface area contributed by atoms with Crippen molar-refractivity contribution in [1.29, 1.82) is 0 Å². The number of thioether (sulfide) groups is 1.